The van der Waals surface area contributed by atoms with Crippen molar-refractivity contribution in [2.45, 2.75) is 116 Å². The Kier molecular flexibility index (Phi) is 100.0. The molecule has 0 aliphatic carbocycles. The predicted octanol–water partition coefficient (Wildman–Crippen LogP) is -4.76. The Bertz CT molecular complexity index is 2020. The molecule has 28 N–H and O–H groups in total. The van der Waals surface area contributed by atoms with Gasteiger partial charge in [0.05, 0.1) is 32.7 Å². The van der Waals surface area contributed by atoms with Gasteiger partial charge in [-0.1, -0.05) is 0 Å². The maximum atomic E-state index is 11.9. The fourth-order valence-corrected chi connectivity index (χ4v) is 10.9. The van der Waals surface area contributed by atoms with Crippen LogP contribution in [0.2, 0.25) is 0 Å². The molecule has 0 fully saturated rings. The van der Waals surface area contributed by atoms with E-state index in [2.05, 4.69) is 55.6 Å². The smallest absolute Gasteiger partial charge is 0.321 e. The largest absolute Gasteiger partial charge is 0.449 e. The van der Waals surface area contributed by atoms with Gasteiger partial charge in [0.2, 0.25) is 0 Å². The van der Waals surface area contributed by atoms with Crippen LogP contribution in [-0.4, -0.2) is 461 Å². The third kappa shape index (κ3) is 99.2. The maximum Gasteiger partial charge on any atom is 0.321 e. The summed E-state index contributed by atoms with van der Waals surface area (Å²) >= 11 is 0. The molecule has 0 unspecified atom stereocenters. The third-order valence-electron chi connectivity index (χ3n) is 17.1. The maximum absolute atomic E-state index is 11.9. The molecular formula is C79H186N28O10. The summed E-state index contributed by atoms with van der Waals surface area (Å²) in [6.45, 7) is 34.0. The summed E-state index contributed by atoms with van der Waals surface area (Å²) in [6, 6.07) is 0. The lowest BCUT2D eigenvalue weighted by Gasteiger charge is -2.26. The van der Waals surface area contributed by atoms with Crippen molar-refractivity contribution in [2.24, 2.45) is 68.8 Å². The van der Waals surface area contributed by atoms with Crippen molar-refractivity contribution in [3.8, 4) is 0 Å². The Morgan fingerprint density at radius 3 is 0.470 bits per heavy atom. The lowest BCUT2D eigenvalue weighted by molar-refractivity contribution is -0.150. The Morgan fingerprint density at radius 2 is 0.316 bits per heavy atom. The van der Waals surface area contributed by atoms with Gasteiger partial charge in [0, 0.05) is 65.4 Å². The van der Waals surface area contributed by atoms with E-state index in [1.807, 2.05) is 80.3 Å². The van der Waals surface area contributed by atoms with Gasteiger partial charge in [-0.15, -0.1) is 0 Å². The Balaban J connectivity index is -0.000000451. The van der Waals surface area contributed by atoms with Gasteiger partial charge in [-0.25, -0.2) is 0 Å². The topological polar surface area (TPSA) is 531 Å². The van der Waals surface area contributed by atoms with Crippen molar-refractivity contribution < 1.29 is 47.7 Å². The molecular weight excluding hydrogens is 1500 g/mol. The van der Waals surface area contributed by atoms with Crippen LogP contribution >= 0.6 is 0 Å². The highest BCUT2D eigenvalue weighted by molar-refractivity contribution is 5.73. The van der Waals surface area contributed by atoms with E-state index < -0.39 is 0 Å². The standard InChI is InChI=1S/C20H47N7O2.2C17H40N6O2.C14H33N5O2.C11H26N4O2/c1-25(2)18-20(28)29-19-27(15-6-12-24-11-3-8-21)17-7-16-26(13-4-9-22)14-5-10-23;1-21(2)15-17(24)25-16-23(12-5-9-20)14-6-13-22(10-3-7-18)11-4-8-19;1-22(2)15-17(24)25-16-23(13-5-11-20-9-3-7-18)14-6-12-21-10-4-8-19;1-18(2)12-14(20)21-13-19(10-4-7-16)11-5-9-17-8-3-6-15;1-14(2)9-11(16)17-10-15(7-3-5-12)8-4-6-13/h24H,3-19,21-23H2,1-2H3;3-16,18-20H2,1-2H3;20-21H,3-16,18-19H2,1-2H3;17H,3-13,15-16H2,1-2H3;3-10,12-13H2,1-2H3. The fourth-order valence-electron chi connectivity index (χ4n) is 10.9. The van der Waals surface area contributed by atoms with Gasteiger partial charge in [0.1, 0.15) is 33.7 Å². The van der Waals surface area contributed by atoms with E-state index in [0.29, 0.717) is 125 Å². The monoisotopic (exact) mass is 1690 g/mol. The van der Waals surface area contributed by atoms with E-state index >= 15 is 0 Å². The number of nitrogens with one attached hydrogen (secondary N) is 4. The van der Waals surface area contributed by atoms with Crippen molar-refractivity contribution >= 4 is 29.8 Å². The summed E-state index contributed by atoms with van der Waals surface area (Å²) in [5, 5.41) is 13.5. The van der Waals surface area contributed by atoms with Crippen LogP contribution in [0.1, 0.15) is 116 Å². The first kappa shape index (κ1) is 122. The lowest BCUT2D eigenvalue weighted by Crippen LogP contribution is -2.36. The minimum atomic E-state index is -0.208. The zero-order valence-electron chi connectivity index (χ0n) is 76.1. The highest BCUT2D eigenvalue weighted by atomic mass is 16.6. The molecule has 0 saturated heterocycles. The summed E-state index contributed by atoms with van der Waals surface area (Å²) in [6.07, 6.45) is 17.7. The fraction of sp³-hybridized carbons (Fsp3) is 0.937. The molecule has 0 spiro atoms. The van der Waals surface area contributed by atoms with Gasteiger partial charge < -0.3 is 124 Å². The SMILES string of the molecule is CN(C)CC(=O)OCN(CCCN)CCCN.CN(C)CC(=O)OCN(CCCN)CCCN(CCCN)CCCN.CN(C)CC(=O)OCN(CCCN)CCCNCCCN.CN(C)CC(=O)OCN(CCCNCCCN)CCCN(CCCN)CCCN.CN(C)CC(=O)OCN(CCCNCCCN)CCCNCCCN. The van der Waals surface area contributed by atoms with E-state index in [1.165, 1.54) is 0 Å². The van der Waals surface area contributed by atoms with Gasteiger partial charge in [-0.3, -0.25) is 73.0 Å². The van der Waals surface area contributed by atoms with E-state index in [1.54, 1.807) is 14.7 Å². The van der Waals surface area contributed by atoms with Crippen LogP contribution in [0, 0.1) is 0 Å². The van der Waals surface area contributed by atoms with Crippen LogP contribution in [0.25, 0.3) is 0 Å². The van der Waals surface area contributed by atoms with Gasteiger partial charge >= 0.3 is 29.8 Å². The summed E-state index contributed by atoms with van der Waals surface area (Å²) in [7, 11) is 18.5. The summed E-state index contributed by atoms with van der Waals surface area (Å²) < 4.78 is 26.6. The number of nitrogens with two attached hydrogens (primary N) is 12. The van der Waals surface area contributed by atoms with Gasteiger partial charge in [-0.05, 0) is 356 Å². The minimum Gasteiger partial charge on any atom is -0.449 e. The van der Waals surface area contributed by atoms with Crippen LogP contribution in [0.3, 0.4) is 0 Å². The first-order valence-corrected chi connectivity index (χ1v) is 43.7. The number of ether oxygens (including phenoxy) is 5. The van der Waals surface area contributed by atoms with E-state index in [4.69, 9.17) is 92.5 Å². The van der Waals surface area contributed by atoms with E-state index in [0.717, 1.165) is 292 Å². The molecule has 0 aromatic carbocycles. The number of hydrogen-bond acceptors (Lipinski definition) is 38. The van der Waals surface area contributed by atoms with Crippen molar-refractivity contribution in [2.75, 3.05) is 372 Å². The molecule has 38 heteroatoms. The number of carbonyl (C=O) groups excluding carboxylic acids is 5. The van der Waals surface area contributed by atoms with Crippen molar-refractivity contribution in [1.29, 1.82) is 0 Å². The minimum absolute atomic E-state index is 0.183. The zero-order valence-corrected chi connectivity index (χ0v) is 76.1. The quantitative estimate of drug-likeness (QED) is 0.0118. The molecule has 0 heterocycles. The highest BCUT2D eigenvalue weighted by Crippen LogP contribution is 2.05. The molecule has 0 aliphatic rings. The first-order valence-electron chi connectivity index (χ1n) is 43.7. The van der Waals surface area contributed by atoms with Gasteiger partial charge in [-0.2, -0.15) is 0 Å². The van der Waals surface area contributed by atoms with E-state index in [9.17, 15) is 24.0 Å². The van der Waals surface area contributed by atoms with E-state index in [-0.39, 0.29) is 29.8 Å². The Labute approximate surface area is 711 Å². The number of carbonyl (C=O) groups is 5. The molecule has 117 heavy (non-hydrogen) atoms. The lowest BCUT2D eigenvalue weighted by atomic mass is 10.2. The van der Waals surface area contributed by atoms with Crippen LogP contribution in [-0.2, 0) is 47.7 Å². The second-order valence-electron chi connectivity index (χ2n) is 30.5. The summed E-state index contributed by atoms with van der Waals surface area (Å²) in [5.41, 5.74) is 66.5. The molecule has 0 saturated carbocycles. The predicted molar refractivity (Wildman–Crippen MR) is 482 cm³/mol. The molecule has 0 rings (SSSR count). The average molecular weight is 1690 g/mol. The second-order valence-corrected chi connectivity index (χ2v) is 30.5. The molecule has 0 bridgehead atoms. The van der Waals surface area contributed by atoms with Crippen LogP contribution < -0.4 is 90.1 Å². The van der Waals surface area contributed by atoms with Gasteiger partial charge in [0.25, 0.3) is 0 Å². The normalized spacial score (nSPS) is 11.5. The van der Waals surface area contributed by atoms with Crippen molar-refractivity contribution in [3.05, 3.63) is 0 Å². The zero-order chi connectivity index (χ0) is 88.4. The second kappa shape index (κ2) is 96.1. The highest BCUT2D eigenvalue weighted by Gasteiger charge is 2.17. The van der Waals surface area contributed by atoms with Gasteiger partial charge in [0.15, 0.2) is 0 Å². The number of hydrogen-bond donors (Lipinski definition) is 16. The van der Waals surface area contributed by atoms with Crippen LogP contribution in [0.15, 0.2) is 0 Å². The number of rotatable bonds is 80. The van der Waals surface area contributed by atoms with Crippen LogP contribution in [0.4, 0.5) is 0 Å². The number of likely N-dealkylation sites (N-methyl/N-ethyl adjacent to an activating group) is 5. The molecule has 38 nitrogen and oxygen atoms in total. The van der Waals surface area contributed by atoms with Crippen molar-refractivity contribution in [3.63, 3.8) is 0 Å². The Morgan fingerprint density at radius 1 is 0.188 bits per heavy atom. The molecule has 0 aromatic heterocycles. The molecule has 0 radical (unpaired) electrons. The van der Waals surface area contributed by atoms with Crippen molar-refractivity contribution in [1.82, 2.24) is 80.1 Å². The third-order valence-corrected chi connectivity index (χ3v) is 17.1. The summed E-state index contributed by atoms with van der Waals surface area (Å²) in [4.78, 5) is 82.8. The average Bonchev–Trinajstić information content (AvgIpc) is 0.951. The number of nitrogens with zero attached hydrogens (tertiary/aromatic N) is 12. The molecule has 0 amide bonds. The summed E-state index contributed by atoms with van der Waals surface area (Å²) in [5.74, 6) is -0.972. The number of esters is 5. The molecule has 0 aliphatic heterocycles. The molecule has 0 aromatic rings. The first-order chi connectivity index (χ1) is 56.3. The molecule has 702 valence electrons. The van der Waals surface area contributed by atoms with Crippen LogP contribution in [0.5, 0.6) is 0 Å². The molecule has 0 atom stereocenters. The Hall–Kier alpha value is -3.77.